The monoisotopic (exact) mass is 157 g/mol. The lowest BCUT2D eigenvalue weighted by Gasteiger charge is -2.23. The maximum Gasteiger partial charge on any atom is 0.188 e. The van der Waals surface area contributed by atoms with Gasteiger partial charge in [-0.15, -0.1) is 0 Å². The van der Waals surface area contributed by atoms with Crippen molar-refractivity contribution in [1.82, 2.24) is 4.90 Å². The van der Waals surface area contributed by atoms with Gasteiger partial charge in [0.15, 0.2) is 5.96 Å². The number of ether oxygens (including phenoxy) is 1. The van der Waals surface area contributed by atoms with Crippen molar-refractivity contribution in [2.24, 2.45) is 5.73 Å². The Morgan fingerprint density at radius 3 is 3.09 bits per heavy atom. The van der Waals surface area contributed by atoms with E-state index in [1.807, 2.05) is 4.90 Å². The van der Waals surface area contributed by atoms with Crippen molar-refractivity contribution in [1.29, 1.82) is 5.41 Å². The molecule has 0 unspecified atom stereocenters. The van der Waals surface area contributed by atoms with Crippen LogP contribution in [0.1, 0.15) is 12.8 Å². The van der Waals surface area contributed by atoms with Gasteiger partial charge in [0.2, 0.25) is 0 Å². The molecule has 4 nitrogen and oxygen atoms in total. The van der Waals surface area contributed by atoms with Crippen LogP contribution in [-0.2, 0) is 4.74 Å². The number of likely N-dealkylation sites (tertiary alicyclic amines) is 1. The van der Waals surface area contributed by atoms with E-state index in [0.717, 1.165) is 19.4 Å². The summed E-state index contributed by atoms with van der Waals surface area (Å²) in [6, 6.07) is 0.331. The summed E-state index contributed by atoms with van der Waals surface area (Å²) in [5.41, 5.74) is 5.37. The fourth-order valence-electron chi connectivity index (χ4n) is 1.52. The van der Waals surface area contributed by atoms with Crippen LogP contribution < -0.4 is 5.73 Å². The molecular weight excluding hydrogens is 142 g/mol. The smallest absolute Gasteiger partial charge is 0.188 e. The summed E-state index contributed by atoms with van der Waals surface area (Å²) < 4.78 is 5.01. The van der Waals surface area contributed by atoms with Crippen LogP contribution in [0.4, 0.5) is 0 Å². The normalized spacial score (nSPS) is 24.1. The molecule has 1 aliphatic heterocycles. The number of guanidine groups is 1. The standard InChI is InChI=1S/C7H15N3O/c1-11-5-6-3-2-4-10(6)7(8)9/h6H,2-5H2,1H3,(H3,8,9)/t6-/m0/s1. The van der Waals surface area contributed by atoms with E-state index < -0.39 is 0 Å². The fourth-order valence-corrected chi connectivity index (χ4v) is 1.52. The van der Waals surface area contributed by atoms with Gasteiger partial charge in [0.1, 0.15) is 0 Å². The van der Waals surface area contributed by atoms with E-state index in [0.29, 0.717) is 12.6 Å². The summed E-state index contributed by atoms with van der Waals surface area (Å²) in [7, 11) is 1.68. The number of rotatable bonds is 2. The molecule has 64 valence electrons. The maximum absolute atomic E-state index is 7.25. The van der Waals surface area contributed by atoms with Crippen molar-refractivity contribution < 1.29 is 4.74 Å². The quantitative estimate of drug-likeness (QED) is 0.438. The summed E-state index contributed by atoms with van der Waals surface area (Å²) in [5, 5.41) is 7.25. The third kappa shape index (κ3) is 1.83. The van der Waals surface area contributed by atoms with Gasteiger partial charge in [0.25, 0.3) is 0 Å². The first-order valence-corrected chi connectivity index (χ1v) is 3.85. The van der Waals surface area contributed by atoms with Crippen molar-refractivity contribution in [2.75, 3.05) is 20.3 Å². The van der Waals surface area contributed by atoms with Crippen molar-refractivity contribution in [3.8, 4) is 0 Å². The second-order valence-corrected chi connectivity index (χ2v) is 2.83. The molecule has 0 amide bonds. The second kappa shape index (κ2) is 3.57. The molecule has 0 saturated carbocycles. The highest BCUT2D eigenvalue weighted by Gasteiger charge is 2.24. The van der Waals surface area contributed by atoms with Crippen LogP contribution >= 0.6 is 0 Å². The second-order valence-electron chi connectivity index (χ2n) is 2.83. The molecule has 1 atom stereocenters. The molecule has 11 heavy (non-hydrogen) atoms. The fraction of sp³-hybridized carbons (Fsp3) is 0.857. The van der Waals surface area contributed by atoms with Gasteiger partial charge in [-0.05, 0) is 12.8 Å². The lowest BCUT2D eigenvalue weighted by Crippen LogP contribution is -2.41. The lowest BCUT2D eigenvalue weighted by atomic mass is 10.2. The predicted octanol–water partition coefficient (Wildman–Crippen LogP) is -0.00933. The first-order chi connectivity index (χ1) is 5.25. The number of methoxy groups -OCH3 is 1. The first-order valence-electron chi connectivity index (χ1n) is 3.85. The molecule has 1 saturated heterocycles. The third-order valence-electron chi connectivity index (χ3n) is 2.05. The summed E-state index contributed by atoms with van der Waals surface area (Å²) in [5.74, 6) is 0.171. The molecule has 1 heterocycles. The number of nitrogens with zero attached hydrogens (tertiary/aromatic N) is 1. The Bertz CT molecular complexity index is 149. The van der Waals surface area contributed by atoms with Crippen LogP contribution in [0, 0.1) is 5.41 Å². The number of nitrogens with one attached hydrogen (secondary N) is 1. The van der Waals surface area contributed by atoms with E-state index in [9.17, 15) is 0 Å². The molecule has 0 aromatic rings. The molecule has 0 aromatic carbocycles. The van der Waals surface area contributed by atoms with Crippen LogP contribution in [0.5, 0.6) is 0 Å². The van der Waals surface area contributed by atoms with Crippen LogP contribution in [-0.4, -0.2) is 37.2 Å². The molecule has 1 aliphatic rings. The van der Waals surface area contributed by atoms with Crippen molar-refractivity contribution in [3.63, 3.8) is 0 Å². The van der Waals surface area contributed by atoms with Gasteiger partial charge < -0.3 is 15.4 Å². The average molecular weight is 157 g/mol. The Balaban J connectivity index is 2.44. The van der Waals surface area contributed by atoms with Crippen molar-refractivity contribution in [2.45, 2.75) is 18.9 Å². The minimum atomic E-state index is 0.171. The van der Waals surface area contributed by atoms with Crippen LogP contribution in [0.3, 0.4) is 0 Å². The van der Waals surface area contributed by atoms with Gasteiger partial charge >= 0.3 is 0 Å². The Hall–Kier alpha value is -0.770. The molecule has 0 aliphatic carbocycles. The van der Waals surface area contributed by atoms with E-state index in [1.165, 1.54) is 0 Å². The first kappa shape index (κ1) is 8.33. The zero-order chi connectivity index (χ0) is 8.27. The van der Waals surface area contributed by atoms with Gasteiger partial charge in [-0.1, -0.05) is 0 Å². The Morgan fingerprint density at radius 2 is 2.55 bits per heavy atom. The van der Waals surface area contributed by atoms with Gasteiger partial charge in [-0.3, -0.25) is 5.41 Å². The highest BCUT2D eigenvalue weighted by Crippen LogP contribution is 2.15. The lowest BCUT2D eigenvalue weighted by molar-refractivity contribution is 0.144. The molecule has 0 bridgehead atoms. The minimum Gasteiger partial charge on any atom is -0.383 e. The van der Waals surface area contributed by atoms with E-state index in [2.05, 4.69) is 0 Å². The number of nitrogens with two attached hydrogens (primary N) is 1. The minimum absolute atomic E-state index is 0.171. The highest BCUT2D eigenvalue weighted by molar-refractivity contribution is 5.75. The molecule has 1 rings (SSSR count). The van der Waals surface area contributed by atoms with E-state index in [4.69, 9.17) is 15.9 Å². The number of hydrogen-bond donors (Lipinski definition) is 2. The zero-order valence-electron chi connectivity index (χ0n) is 6.84. The molecule has 4 heteroatoms. The Morgan fingerprint density at radius 1 is 1.82 bits per heavy atom. The Kier molecular flexibility index (Phi) is 2.70. The molecular formula is C7H15N3O. The summed E-state index contributed by atoms with van der Waals surface area (Å²) in [4.78, 5) is 1.89. The van der Waals surface area contributed by atoms with E-state index >= 15 is 0 Å². The Labute approximate surface area is 66.8 Å². The largest absolute Gasteiger partial charge is 0.383 e. The van der Waals surface area contributed by atoms with Gasteiger partial charge in [0, 0.05) is 13.7 Å². The molecule has 0 radical (unpaired) electrons. The number of hydrogen-bond acceptors (Lipinski definition) is 2. The van der Waals surface area contributed by atoms with E-state index in [-0.39, 0.29) is 5.96 Å². The zero-order valence-corrected chi connectivity index (χ0v) is 6.84. The average Bonchev–Trinajstić information content (AvgIpc) is 2.36. The summed E-state index contributed by atoms with van der Waals surface area (Å²) in [6.45, 7) is 1.59. The van der Waals surface area contributed by atoms with Gasteiger partial charge in [-0.25, -0.2) is 0 Å². The molecule has 0 aromatic heterocycles. The van der Waals surface area contributed by atoms with Crippen molar-refractivity contribution in [3.05, 3.63) is 0 Å². The highest BCUT2D eigenvalue weighted by atomic mass is 16.5. The van der Waals surface area contributed by atoms with Crippen LogP contribution in [0.2, 0.25) is 0 Å². The molecule has 0 spiro atoms. The summed E-state index contributed by atoms with van der Waals surface area (Å²) >= 11 is 0. The molecule has 3 N–H and O–H groups in total. The summed E-state index contributed by atoms with van der Waals surface area (Å²) in [6.07, 6.45) is 2.21. The van der Waals surface area contributed by atoms with Crippen LogP contribution in [0.25, 0.3) is 0 Å². The van der Waals surface area contributed by atoms with Gasteiger partial charge in [-0.2, -0.15) is 0 Å². The van der Waals surface area contributed by atoms with E-state index in [1.54, 1.807) is 7.11 Å². The van der Waals surface area contributed by atoms with Gasteiger partial charge in [0.05, 0.1) is 12.6 Å². The topological polar surface area (TPSA) is 62.3 Å². The predicted molar refractivity (Wildman–Crippen MR) is 43.5 cm³/mol. The maximum atomic E-state index is 7.25. The molecule has 1 fully saturated rings. The van der Waals surface area contributed by atoms with Crippen LogP contribution in [0.15, 0.2) is 0 Å². The SMILES string of the molecule is COC[C@@H]1CCCN1C(=N)N. The third-order valence-corrected chi connectivity index (χ3v) is 2.05. The van der Waals surface area contributed by atoms with Crippen molar-refractivity contribution >= 4 is 5.96 Å².